The van der Waals surface area contributed by atoms with Crippen molar-refractivity contribution in [2.75, 3.05) is 12.0 Å². The quantitative estimate of drug-likeness (QED) is 0.865. The van der Waals surface area contributed by atoms with E-state index >= 15 is 0 Å². The Kier molecular flexibility index (Phi) is 5.47. The number of amides is 1. The average molecular weight is 314 g/mol. The Morgan fingerprint density at radius 3 is 2.38 bits per heavy atom. The number of hydrogen-bond donors (Lipinski definition) is 1. The lowest BCUT2D eigenvalue weighted by Gasteiger charge is -2.40. The van der Waals surface area contributed by atoms with Crippen LogP contribution in [0.1, 0.15) is 53.4 Å². The maximum absolute atomic E-state index is 12.4. The van der Waals surface area contributed by atoms with Crippen LogP contribution in [0.25, 0.3) is 0 Å². The molecular weight excluding hydrogens is 284 g/mol. The lowest BCUT2D eigenvalue weighted by Crippen LogP contribution is -2.54. The van der Waals surface area contributed by atoms with Crippen LogP contribution in [0.2, 0.25) is 0 Å². The van der Waals surface area contributed by atoms with Gasteiger partial charge in [-0.2, -0.15) is 11.8 Å². The SMILES string of the molecule is CSCC(C)NC1CC2CCC(C1)N2C(=O)OC(C)(C)C. The lowest BCUT2D eigenvalue weighted by atomic mass is 9.97. The molecule has 0 spiro atoms. The van der Waals surface area contributed by atoms with Gasteiger partial charge in [0, 0.05) is 29.9 Å². The molecule has 0 saturated carbocycles. The first-order chi connectivity index (χ1) is 9.80. The van der Waals surface area contributed by atoms with Crippen molar-refractivity contribution in [1.82, 2.24) is 10.2 Å². The lowest BCUT2D eigenvalue weighted by molar-refractivity contribution is 0.00448. The Labute approximate surface area is 133 Å². The molecule has 5 heteroatoms. The minimum atomic E-state index is -0.404. The fourth-order valence-corrected chi connectivity index (χ4v) is 4.22. The largest absolute Gasteiger partial charge is 0.444 e. The molecule has 1 N–H and O–H groups in total. The van der Waals surface area contributed by atoms with Gasteiger partial charge in [0.2, 0.25) is 0 Å². The van der Waals surface area contributed by atoms with Gasteiger partial charge in [-0.1, -0.05) is 0 Å². The number of hydrogen-bond acceptors (Lipinski definition) is 4. The van der Waals surface area contributed by atoms with Crippen molar-refractivity contribution in [2.24, 2.45) is 0 Å². The smallest absolute Gasteiger partial charge is 0.410 e. The van der Waals surface area contributed by atoms with Crippen molar-refractivity contribution >= 4 is 17.9 Å². The second-order valence-electron chi connectivity index (χ2n) is 7.46. The highest BCUT2D eigenvalue weighted by Gasteiger charge is 2.44. The molecule has 2 rings (SSSR count). The van der Waals surface area contributed by atoms with Gasteiger partial charge in [-0.05, 0) is 59.6 Å². The molecule has 0 aromatic carbocycles. The molecule has 2 saturated heterocycles. The fourth-order valence-electron chi connectivity index (χ4n) is 3.63. The van der Waals surface area contributed by atoms with Crippen molar-refractivity contribution in [3.8, 4) is 0 Å². The van der Waals surface area contributed by atoms with Crippen LogP contribution in [0.5, 0.6) is 0 Å². The third-order valence-electron chi connectivity index (χ3n) is 4.27. The van der Waals surface area contributed by atoms with Gasteiger partial charge in [0.25, 0.3) is 0 Å². The van der Waals surface area contributed by atoms with E-state index in [0.717, 1.165) is 31.4 Å². The summed E-state index contributed by atoms with van der Waals surface area (Å²) in [5, 5.41) is 3.73. The summed E-state index contributed by atoms with van der Waals surface area (Å²) >= 11 is 1.88. The van der Waals surface area contributed by atoms with Crippen LogP contribution < -0.4 is 5.32 Å². The number of thioether (sulfide) groups is 1. The Balaban J connectivity index is 1.91. The van der Waals surface area contributed by atoms with Crippen LogP contribution in [0.3, 0.4) is 0 Å². The van der Waals surface area contributed by atoms with Crippen molar-refractivity contribution in [1.29, 1.82) is 0 Å². The van der Waals surface area contributed by atoms with E-state index in [-0.39, 0.29) is 6.09 Å². The summed E-state index contributed by atoms with van der Waals surface area (Å²) in [6.07, 6.45) is 6.40. The minimum Gasteiger partial charge on any atom is -0.444 e. The van der Waals surface area contributed by atoms with Gasteiger partial charge >= 0.3 is 6.09 Å². The van der Waals surface area contributed by atoms with Gasteiger partial charge < -0.3 is 15.0 Å². The maximum Gasteiger partial charge on any atom is 0.410 e. The van der Waals surface area contributed by atoms with E-state index in [9.17, 15) is 4.79 Å². The number of nitrogens with one attached hydrogen (secondary N) is 1. The van der Waals surface area contributed by atoms with Crippen molar-refractivity contribution in [3.05, 3.63) is 0 Å². The molecule has 122 valence electrons. The molecule has 3 unspecified atom stereocenters. The number of carbonyl (C=O) groups excluding carboxylic acids is 1. The molecule has 2 aliphatic rings. The van der Waals surface area contributed by atoms with E-state index in [1.165, 1.54) is 0 Å². The van der Waals surface area contributed by atoms with Gasteiger partial charge in [-0.15, -0.1) is 0 Å². The van der Waals surface area contributed by atoms with Crippen LogP contribution in [-0.4, -0.2) is 52.8 Å². The summed E-state index contributed by atoms with van der Waals surface area (Å²) in [5.74, 6) is 1.14. The molecule has 0 radical (unpaired) electrons. The monoisotopic (exact) mass is 314 g/mol. The van der Waals surface area contributed by atoms with E-state index in [0.29, 0.717) is 24.2 Å². The van der Waals surface area contributed by atoms with Gasteiger partial charge in [-0.25, -0.2) is 4.79 Å². The molecule has 2 heterocycles. The predicted molar refractivity (Wildman–Crippen MR) is 88.9 cm³/mol. The minimum absolute atomic E-state index is 0.120. The highest BCUT2D eigenvalue weighted by Crippen LogP contribution is 2.37. The Hall–Kier alpha value is -0.420. The summed E-state index contributed by atoms with van der Waals surface area (Å²) < 4.78 is 5.58. The van der Waals surface area contributed by atoms with E-state index < -0.39 is 5.60 Å². The first-order valence-electron chi connectivity index (χ1n) is 8.06. The molecule has 2 fully saturated rings. The molecular formula is C16H30N2O2S. The zero-order valence-electron chi connectivity index (χ0n) is 14.0. The molecule has 0 aliphatic carbocycles. The number of fused-ring (bicyclic) bond motifs is 2. The molecule has 4 nitrogen and oxygen atoms in total. The highest BCUT2D eigenvalue weighted by atomic mass is 32.2. The number of ether oxygens (including phenoxy) is 1. The summed E-state index contributed by atoms with van der Waals surface area (Å²) in [6.45, 7) is 8.06. The summed E-state index contributed by atoms with van der Waals surface area (Å²) in [4.78, 5) is 14.4. The first-order valence-corrected chi connectivity index (χ1v) is 9.46. The number of rotatable bonds is 4. The number of nitrogens with zero attached hydrogens (tertiary/aromatic N) is 1. The van der Waals surface area contributed by atoms with E-state index in [1.54, 1.807) is 0 Å². The number of carbonyl (C=O) groups is 1. The molecule has 1 amide bonds. The molecule has 3 atom stereocenters. The van der Waals surface area contributed by atoms with E-state index in [2.05, 4.69) is 18.5 Å². The van der Waals surface area contributed by atoms with Gasteiger partial charge in [0.1, 0.15) is 5.60 Å². The van der Waals surface area contributed by atoms with Crippen LogP contribution in [0, 0.1) is 0 Å². The van der Waals surface area contributed by atoms with Crippen molar-refractivity contribution < 1.29 is 9.53 Å². The van der Waals surface area contributed by atoms with Gasteiger partial charge in [0.05, 0.1) is 0 Å². The van der Waals surface area contributed by atoms with Gasteiger partial charge in [-0.3, -0.25) is 0 Å². The Morgan fingerprint density at radius 2 is 1.90 bits per heavy atom. The summed E-state index contributed by atoms with van der Waals surface area (Å²) in [5.41, 5.74) is -0.404. The average Bonchev–Trinajstić information content (AvgIpc) is 2.60. The zero-order chi connectivity index (χ0) is 15.6. The van der Waals surface area contributed by atoms with E-state index in [1.807, 2.05) is 37.4 Å². The normalized spacial score (nSPS) is 30.3. The van der Waals surface area contributed by atoms with E-state index in [4.69, 9.17) is 4.74 Å². The first kappa shape index (κ1) is 16.9. The Morgan fingerprint density at radius 1 is 1.33 bits per heavy atom. The second-order valence-corrected chi connectivity index (χ2v) is 8.37. The Bertz CT molecular complexity index is 356. The summed E-state index contributed by atoms with van der Waals surface area (Å²) in [6, 6.07) is 1.80. The third kappa shape index (κ3) is 4.52. The molecule has 0 aromatic heterocycles. The van der Waals surface area contributed by atoms with Crippen molar-refractivity contribution in [2.45, 2.75) is 83.1 Å². The van der Waals surface area contributed by atoms with Crippen LogP contribution >= 0.6 is 11.8 Å². The molecule has 0 aromatic rings. The molecule has 2 bridgehead atoms. The van der Waals surface area contributed by atoms with Gasteiger partial charge in [0.15, 0.2) is 0 Å². The van der Waals surface area contributed by atoms with Crippen LogP contribution in [0.15, 0.2) is 0 Å². The van der Waals surface area contributed by atoms with Crippen LogP contribution in [0.4, 0.5) is 4.79 Å². The molecule has 2 aliphatic heterocycles. The topological polar surface area (TPSA) is 41.6 Å². The third-order valence-corrected chi connectivity index (χ3v) is 5.11. The fraction of sp³-hybridized carbons (Fsp3) is 0.938. The van der Waals surface area contributed by atoms with Crippen molar-refractivity contribution in [3.63, 3.8) is 0 Å². The van der Waals surface area contributed by atoms with Crippen LogP contribution in [-0.2, 0) is 4.74 Å². The summed E-state index contributed by atoms with van der Waals surface area (Å²) in [7, 11) is 0. The predicted octanol–water partition coefficient (Wildman–Crippen LogP) is 3.26. The number of piperidine rings is 1. The second kappa shape index (κ2) is 6.78. The zero-order valence-corrected chi connectivity index (χ0v) is 14.8. The standard InChI is InChI=1S/C16H30N2O2S/c1-11(10-21-5)17-12-8-13-6-7-14(9-12)18(13)15(19)20-16(2,3)4/h11-14,17H,6-10H2,1-5H3. The maximum atomic E-state index is 12.4. The molecule has 21 heavy (non-hydrogen) atoms. The highest BCUT2D eigenvalue weighted by molar-refractivity contribution is 7.98.